The molecule has 0 saturated heterocycles. The third-order valence-electron chi connectivity index (χ3n) is 2.93. The first-order valence-electron chi connectivity index (χ1n) is 6.48. The van der Waals surface area contributed by atoms with Crippen molar-refractivity contribution in [3.05, 3.63) is 29.3 Å². The van der Waals surface area contributed by atoms with Crippen molar-refractivity contribution in [2.24, 2.45) is 5.73 Å². The van der Waals surface area contributed by atoms with Crippen LogP contribution in [0, 0.1) is 0 Å². The molecule has 1 amide bonds. The Morgan fingerprint density at radius 3 is 2.90 bits per heavy atom. The summed E-state index contributed by atoms with van der Waals surface area (Å²) >= 11 is 0. The van der Waals surface area contributed by atoms with E-state index in [1.54, 1.807) is 7.11 Å². The van der Waals surface area contributed by atoms with Crippen LogP contribution in [-0.2, 0) is 4.79 Å². The molecular weight excluding hydrogens is 256 g/mol. The Bertz CT molecular complexity index is 545. The Labute approximate surface area is 118 Å². The second-order valence-corrected chi connectivity index (χ2v) is 5.51. The highest BCUT2D eigenvalue weighted by Gasteiger charge is 2.21. The van der Waals surface area contributed by atoms with Gasteiger partial charge >= 0.3 is 0 Å². The highest BCUT2D eigenvalue weighted by molar-refractivity contribution is 5.99. The van der Waals surface area contributed by atoms with E-state index in [0.29, 0.717) is 23.6 Å². The van der Waals surface area contributed by atoms with Gasteiger partial charge in [0.1, 0.15) is 6.61 Å². The van der Waals surface area contributed by atoms with Gasteiger partial charge in [-0.25, -0.2) is 0 Å². The number of carbonyl (C=O) groups is 1. The Kier molecular flexibility index (Phi) is 3.99. The molecule has 0 atom stereocenters. The molecule has 0 unspecified atom stereocenters. The van der Waals surface area contributed by atoms with Crippen LogP contribution in [0.15, 0.2) is 23.8 Å². The van der Waals surface area contributed by atoms with Crippen molar-refractivity contribution in [2.75, 3.05) is 20.3 Å². The van der Waals surface area contributed by atoms with E-state index >= 15 is 0 Å². The Balaban J connectivity index is 2.15. The second-order valence-electron chi connectivity index (χ2n) is 5.51. The highest BCUT2D eigenvalue weighted by Crippen LogP contribution is 2.35. The van der Waals surface area contributed by atoms with Gasteiger partial charge in [0.25, 0.3) is 5.91 Å². The first-order valence-corrected chi connectivity index (χ1v) is 6.48. The maximum atomic E-state index is 12.1. The Hall–Kier alpha value is -2.01. The van der Waals surface area contributed by atoms with E-state index in [4.69, 9.17) is 15.2 Å². The predicted octanol–water partition coefficient (Wildman–Crippen LogP) is 1.32. The summed E-state index contributed by atoms with van der Waals surface area (Å²) < 4.78 is 10.9. The van der Waals surface area contributed by atoms with E-state index < -0.39 is 5.54 Å². The smallest absolute Gasteiger partial charge is 0.250 e. The average Bonchev–Trinajstić information content (AvgIpc) is 2.42. The van der Waals surface area contributed by atoms with E-state index in [9.17, 15) is 4.79 Å². The standard InChI is InChI=1S/C15H20N2O3/c1-15(2,16)9-17-14(18)11-7-10-5-4-6-12(19-3)13(10)20-8-11/h4-7H,8-9,16H2,1-3H3,(H,17,18). The summed E-state index contributed by atoms with van der Waals surface area (Å²) in [6, 6.07) is 5.58. The monoisotopic (exact) mass is 276 g/mol. The highest BCUT2D eigenvalue weighted by atomic mass is 16.5. The van der Waals surface area contributed by atoms with Crippen LogP contribution >= 0.6 is 0 Å². The molecule has 0 spiro atoms. The minimum Gasteiger partial charge on any atom is -0.493 e. The first kappa shape index (κ1) is 14.4. The second kappa shape index (κ2) is 5.54. The lowest BCUT2D eigenvalue weighted by atomic mass is 10.0. The van der Waals surface area contributed by atoms with E-state index in [1.807, 2.05) is 38.1 Å². The van der Waals surface area contributed by atoms with Crippen molar-refractivity contribution in [3.63, 3.8) is 0 Å². The first-order chi connectivity index (χ1) is 9.40. The average molecular weight is 276 g/mol. The molecule has 108 valence electrons. The van der Waals surface area contributed by atoms with Crippen molar-refractivity contribution in [3.8, 4) is 11.5 Å². The van der Waals surface area contributed by atoms with Gasteiger partial charge in [-0.15, -0.1) is 0 Å². The van der Waals surface area contributed by atoms with Gasteiger partial charge in [0.05, 0.1) is 12.7 Å². The minimum absolute atomic E-state index is 0.156. The van der Waals surface area contributed by atoms with E-state index in [0.717, 1.165) is 5.56 Å². The van der Waals surface area contributed by atoms with Crippen LogP contribution in [-0.4, -0.2) is 31.7 Å². The predicted molar refractivity (Wildman–Crippen MR) is 77.7 cm³/mol. The van der Waals surface area contributed by atoms with E-state index in [1.165, 1.54) is 0 Å². The third-order valence-corrected chi connectivity index (χ3v) is 2.93. The molecular formula is C15H20N2O3. The number of para-hydroxylation sites is 1. The summed E-state index contributed by atoms with van der Waals surface area (Å²) in [7, 11) is 1.59. The molecule has 1 aromatic carbocycles. The molecule has 0 saturated carbocycles. The van der Waals surface area contributed by atoms with Gasteiger partial charge in [-0.3, -0.25) is 4.79 Å². The fourth-order valence-corrected chi connectivity index (χ4v) is 1.89. The van der Waals surface area contributed by atoms with Crippen molar-refractivity contribution in [2.45, 2.75) is 19.4 Å². The third kappa shape index (κ3) is 3.30. The van der Waals surface area contributed by atoms with E-state index in [2.05, 4.69) is 5.32 Å². The molecule has 1 aliphatic rings. The maximum Gasteiger partial charge on any atom is 0.250 e. The molecule has 0 fully saturated rings. The zero-order valence-electron chi connectivity index (χ0n) is 12.0. The fraction of sp³-hybridized carbons (Fsp3) is 0.400. The molecule has 0 radical (unpaired) electrons. The maximum absolute atomic E-state index is 12.1. The van der Waals surface area contributed by atoms with Gasteiger partial charge in [-0.2, -0.15) is 0 Å². The lowest BCUT2D eigenvalue weighted by Crippen LogP contribution is -2.45. The quantitative estimate of drug-likeness (QED) is 0.870. The van der Waals surface area contributed by atoms with Crippen molar-refractivity contribution in [1.29, 1.82) is 0 Å². The van der Waals surface area contributed by atoms with Gasteiger partial charge in [0, 0.05) is 17.6 Å². The van der Waals surface area contributed by atoms with E-state index in [-0.39, 0.29) is 12.5 Å². The van der Waals surface area contributed by atoms with Crippen LogP contribution in [0.4, 0.5) is 0 Å². The molecule has 0 bridgehead atoms. The number of nitrogens with two attached hydrogens (primary N) is 1. The fourth-order valence-electron chi connectivity index (χ4n) is 1.89. The molecule has 1 heterocycles. The zero-order valence-corrected chi connectivity index (χ0v) is 12.0. The Morgan fingerprint density at radius 1 is 1.50 bits per heavy atom. The molecule has 20 heavy (non-hydrogen) atoms. The molecule has 5 nitrogen and oxygen atoms in total. The van der Waals surface area contributed by atoms with Gasteiger partial charge < -0.3 is 20.5 Å². The van der Waals surface area contributed by atoms with Gasteiger partial charge in [0.15, 0.2) is 11.5 Å². The number of rotatable bonds is 4. The molecule has 1 aliphatic heterocycles. The number of hydrogen-bond donors (Lipinski definition) is 2. The number of fused-ring (bicyclic) bond motifs is 1. The molecule has 3 N–H and O–H groups in total. The molecule has 0 aromatic heterocycles. The van der Waals surface area contributed by atoms with Crippen LogP contribution in [0.3, 0.4) is 0 Å². The number of hydrogen-bond acceptors (Lipinski definition) is 4. The minimum atomic E-state index is -0.438. The van der Waals surface area contributed by atoms with Gasteiger partial charge in [0.2, 0.25) is 0 Å². The number of carbonyl (C=O) groups excluding carboxylic acids is 1. The van der Waals surface area contributed by atoms with Crippen LogP contribution in [0.1, 0.15) is 19.4 Å². The summed E-state index contributed by atoms with van der Waals surface area (Å²) in [6.07, 6.45) is 1.82. The number of methoxy groups -OCH3 is 1. The summed E-state index contributed by atoms with van der Waals surface area (Å²) in [6.45, 7) is 4.36. The lowest BCUT2D eigenvalue weighted by Gasteiger charge is -2.22. The summed E-state index contributed by atoms with van der Waals surface area (Å²) in [5, 5.41) is 2.81. The lowest BCUT2D eigenvalue weighted by molar-refractivity contribution is -0.118. The zero-order chi connectivity index (χ0) is 14.8. The Morgan fingerprint density at radius 2 is 2.25 bits per heavy atom. The number of amides is 1. The molecule has 0 aliphatic carbocycles. The van der Waals surface area contributed by atoms with Crippen LogP contribution in [0.2, 0.25) is 0 Å². The largest absolute Gasteiger partial charge is 0.493 e. The number of nitrogens with one attached hydrogen (secondary N) is 1. The van der Waals surface area contributed by atoms with Gasteiger partial charge in [-0.1, -0.05) is 12.1 Å². The molecule has 1 aromatic rings. The van der Waals surface area contributed by atoms with Crippen LogP contribution in [0.5, 0.6) is 11.5 Å². The normalized spacial score (nSPS) is 13.9. The number of ether oxygens (including phenoxy) is 2. The van der Waals surface area contributed by atoms with Crippen molar-refractivity contribution >= 4 is 12.0 Å². The number of benzene rings is 1. The summed E-state index contributed by atoms with van der Waals surface area (Å²) in [4.78, 5) is 12.1. The van der Waals surface area contributed by atoms with Crippen molar-refractivity contribution in [1.82, 2.24) is 5.32 Å². The summed E-state index contributed by atoms with van der Waals surface area (Å²) in [5.41, 5.74) is 6.83. The molecule has 5 heteroatoms. The van der Waals surface area contributed by atoms with Crippen LogP contribution in [0.25, 0.3) is 6.08 Å². The van der Waals surface area contributed by atoms with Crippen molar-refractivity contribution < 1.29 is 14.3 Å². The van der Waals surface area contributed by atoms with Gasteiger partial charge in [-0.05, 0) is 26.0 Å². The summed E-state index contributed by atoms with van der Waals surface area (Å²) in [5.74, 6) is 1.18. The molecule has 2 rings (SSSR count). The SMILES string of the molecule is COc1cccc2c1OCC(C(=O)NCC(C)(C)N)=C2. The van der Waals surface area contributed by atoms with Crippen LogP contribution < -0.4 is 20.5 Å². The topological polar surface area (TPSA) is 73.6 Å².